The highest BCUT2D eigenvalue weighted by Crippen LogP contribution is 2.30. The third-order valence-electron chi connectivity index (χ3n) is 8.38. The van der Waals surface area contributed by atoms with Gasteiger partial charge in [-0.2, -0.15) is 4.31 Å². The van der Waals surface area contributed by atoms with Gasteiger partial charge in [0.1, 0.15) is 5.82 Å². The van der Waals surface area contributed by atoms with Gasteiger partial charge >= 0.3 is 0 Å². The van der Waals surface area contributed by atoms with Crippen LogP contribution >= 0.6 is 0 Å². The number of nitrogens with zero attached hydrogens (tertiary/aromatic N) is 5. The van der Waals surface area contributed by atoms with Gasteiger partial charge in [0.2, 0.25) is 20.0 Å². The van der Waals surface area contributed by atoms with Crippen LogP contribution in [-0.4, -0.2) is 65.2 Å². The minimum atomic E-state index is -3.83. The highest BCUT2D eigenvalue weighted by atomic mass is 32.2. The fourth-order valence-corrected chi connectivity index (χ4v) is 8.64. The number of hydrogen-bond acceptors (Lipinski definition) is 8. The maximum Gasteiger partial charge on any atom is 0.281 e. The average Bonchev–Trinajstić information content (AvgIpc) is 3.42. The van der Waals surface area contributed by atoms with Crippen LogP contribution in [0.5, 0.6) is 0 Å². The summed E-state index contributed by atoms with van der Waals surface area (Å²) in [5, 5.41) is 8.17. The molecule has 1 aliphatic heterocycles. The number of sulfonamides is 2. The van der Waals surface area contributed by atoms with E-state index in [0.717, 1.165) is 43.2 Å². The first-order valence-electron chi connectivity index (χ1n) is 14.6. The molecule has 1 saturated heterocycles. The van der Waals surface area contributed by atoms with E-state index in [1.807, 2.05) is 31.2 Å². The van der Waals surface area contributed by atoms with Crippen LogP contribution < -0.4 is 10.3 Å². The molecule has 0 bridgehead atoms. The number of rotatable bonds is 8. The normalized spacial score (nSPS) is 17.9. The van der Waals surface area contributed by atoms with Gasteiger partial charge in [-0.15, -0.1) is 5.10 Å². The van der Waals surface area contributed by atoms with Crippen molar-refractivity contribution >= 4 is 31.2 Å². The van der Waals surface area contributed by atoms with Crippen LogP contribution in [0, 0.1) is 6.92 Å². The molecule has 4 aromatic rings. The van der Waals surface area contributed by atoms with Crippen LogP contribution in [-0.2, 0) is 26.6 Å². The van der Waals surface area contributed by atoms with Gasteiger partial charge in [-0.1, -0.05) is 54.3 Å². The van der Waals surface area contributed by atoms with E-state index >= 15 is 0 Å². The Hall–Kier alpha value is -3.46. The molecule has 0 spiro atoms. The van der Waals surface area contributed by atoms with E-state index < -0.39 is 20.0 Å². The molecule has 2 fully saturated rings. The van der Waals surface area contributed by atoms with Gasteiger partial charge in [-0.05, 0) is 62.4 Å². The zero-order chi connectivity index (χ0) is 30.2. The van der Waals surface area contributed by atoms with Gasteiger partial charge in [-0.3, -0.25) is 4.79 Å². The summed E-state index contributed by atoms with van der Waals surface area (Å²) in [4.78, 5) is 20.4. The first kappa shape index (κ1) is 29.6. The number of hydrogen-bond donors (Lipinski definition) is 2. The monoisotopic (exact) mass is 625 g/mol. The van der Waals surface area contributed by atoms with Crippen LogP contribution in [0.1, 0.15) is 67.8 Å². The fraction of sp³-hybridized carbons (Fsp3) is 0.448. The third-order valence-corrected chi connectivity index (χ3v) is 11.8. The molecule has 3 heterocycles. The third kappa shape index (κ3) is 6.28. The zero-order valence-corrected chi connectivity index (χ0v) is 25.6. The van der Waals surface area contributed by atoms with Crippen molar-refractivity contribution in [3.05, 3.63) is 75.8 Å². The summed E-state index contributed by atoms with van der Waals surface area (Å²) in [7, 11) is -7.56. The first-order chi connectivity index (χ1) is 20.6. The van der Waals surface area contributed by atoms with Gasteiger partial charge in [0.25, 0.3) is 5.56 Å². The number of aromatic amines is 1. The minimum absolute atomic E-state index is 0.0431. The maximum absolute atomic E-state index is 13.4. The number of fused-ring (bicyclic) bond motifs is 1. The molecule has 2 aromatic carbocycles. The number of aryl methyl sites for hydroxylation is 1. The summed E-state index contributed by atoms with van der Waals surface area (Å²) >= 11 is 0. The van der Waals surface area contributed by atoms with Crippen molar-refractivity contribution in [2.75, 3.05) is 13.1 Å². The van der Waals surface area contributed by atoms with Crippen molar-refractivity contribution in [3.63, 3.8) is 0 Å². The van der Waals surface area contributed by atoms with Crippen molar-refractivity contribution in [1.82, 2.24) is 34.0 Å². The standard InChI is InChI=1S/C29H35N7O5S2/c1-20-7-9-21(10-8-20)19-36-28-26(32-34-36)29(37)31-27(30-28)22-15-17-35(18-16-22)43(40,41)25-13-11-24(12-14-25)42(38,39)33-23-5-3-2-4-6-23/h7-14,22-23,33H,2-6,15-19H2,1H3,(H,30,31,37). The Morgan fingerprint density at radius 2 is 1.53 bits per heavy atom. The Labute approximate surface area is 250 Å². The van der Waals surface area contributed by atoms with E-state index in [1.54, 1.807) is 4.68 Å². The molecule has 0 atom stereocenters. The molecular weight excluding hydrogens is 590 g/mol. The summed E-state index contributed by atoms with van der Waals surface area (Å²) in [5.41, 5.74) is 2.33. The van der Waals surface area contributed by atoms with Crippen LogP contribution in [0.2, 0.25) is 0 Å². The molecule has 43 heavy (non-hydrogen) atoms. The first-order valence-corrected chi connectivity index (χ1v) is 17.5. The fourth-order valence-electron chi connectivity index (χ4n) is 5.87. The number of H-pyrrole nitrogens is 1. The molecule has 1 saturated carbocycles. The Morgan fingerprint density at radius 3 is 2.21 bits per heavy atom. The molecule has 0 radical (unpaired) electrons. The highest BCUT2D eigenvalue weighted by Gasteiger charge is 2.32. The van der Waals surface area contributed by atoms with Crippen LogP contribution in [0.4, 0.5) is 0 Å². The van der Waals surface area contributed by atoms with E-state index in [4.69, 9.17) is 4.98 Å². The number of piperidine rings is 1. The van der Waals surface area contributed by atoms with Gasteiger partial charge < -0.3 is 4.98 Å². The summed E-state index contributed by atoms with van der Waals surface area (Å²) < 4.78 is 58.2. The van der Waals surface area contributed by atoms with Crippen molar-refractivity contribution < 1.29 is 16.8 Å². The Morgan fingerprint density at radius 1 is 0.884 bits per heavy atom. The largest absolute Gasteiger partial charge is 0.308 e. The number of benzene rings is 2. The second-order valence-corrected chi connectivity index (χ2v) is 15.1. The lowest BCUT2D eigenvalue weighted by molar-refractivity contribution is 0.313. The van der Waals surface area contributed by atoms with Crippen LogP contribution in [0.15, 0.2) is 63.1 Å². The van der Waals surface area contributed by atoms with Crippen molar-refractivity contribution in [1.29, 1.82) is 0 Å². The predicted molar refractivity (Wildman–Crippen MR) is 161 cm³/mol. The topological polar surface area (TPSA) is 160 Å². The van der Waals surface area contributed by atoms with Crippen molar-refractivity contribution in [2.45, 2.75) is 80.2 Å². The molecule has 6 rings (SSSR count). The lowest BCUT2D eigenvalue weighted by Crippen LogP contribution is -2.38. The predicted octanol–water partition coefficient (Wildman–Crippen LogP) is 3.05. The van der Waals surface area contributed by atoms with Crippen molar-refractivity contribution in [3.8, 4) is 0 Å². The molecular formula is C29H35N7O5S2. The maximum atomic E-state index is 13.4. The summed E-state index contributed by atoms with van der Waals surface area (Å²) in [5.74, 6) is 0.340. The molecule has 0 unspecified atom stereocenters. The SMILES string of the molecule is Cc1ccc(Cn2nnc3c(=O)[nH]c(C4CCN(S(=O)(=O)c5ccc(S(=O)(=O)NC6CCCCC6)cc5)CC4)nc32)cc1. The molecule has 2 aromatic heterocycles. The summed E-state index contributed by atoms with van der Waals surface area (Å²) in [6.07, 6.45) is 5.66. The summed E-state index contributed by atoms with van der Waals surface area (Å²) in [6, 6.07) is 13.3. The van der Waals surface area contributed by atoms with E-state index in [9.17, 15) is 21.6 Å². The highest BCUT2D eigenvalue weighted by molar-refractivity contribution is 7.89. The van der Waals surface area contributed by atoms with Gasteiger partial charge in [0.15, 0.2) is 11.2 Å². The van der Waals surface area contributed by atoms with Gasteiger partial charge in [0.05, 0.1) is 16.3 Å². The summed E-state index contributed by atoms with van der Waals surface area (Å²) in [6.45, 7) is 2.90. The Balaban J connectivity index is 1.14. The number of aromatic nitrogens is 5. The van der Waals surface area contributed by atoms with Crippen molar-refractivity contribution in [2.24, 2.45) is 0 Å². The smallest absolute Gasteiger partial charge is 0.281 e. The number of nitrogens with one attached hydrogen (secondary N) is 2. The minimum Gasteiger partial charge on any atom is -0.308 e. The van der Waals surface area contributed by atoms with Crippen LogP contribution in [0.25, 0.3) is 11.2 Å². The second-order valence-electron chi connectivity index (χ2n) is 11.5. The van der Waals surface area contributed by atoms with Crippen LogP contribution in [0.3, 0.4) is 0 Å². The molecule has 0 amide bonds. The van der Waals surface area contributed by atoms with E-state index in [2.05, 4.69) is 20.0 Å². The molecule has 14 heteroatoms. The van der Waals surface area contributed by atoms with Gasteiger partial charge in [-0.25, -0.2) is 31.2 Å². The average molecular weight is 626 g/mol. The zero-order valence-electron chi connectivity index (χ0n) is 23.9. The van der Waals surface area contributed by atoms with Gasteiger partial charge in [0, 0.05) is 25.0 Å². The molecule has 2 N–H and O–H groups in total. The van der Waals surface area contributed by atoms with E-state index in [-0.39, 0.29) is 45.9 Å². The second kappa shape index (κ2) is 11.9. The molecule has 1 aliphatic carbocycles. The lowest BCUT2D eigenvalue weighted by Gasteiger charge is -2.30. The Bertz CT molecular complexity index is 1870. The quantitative estimate of drug-likeness (QED) is 0.302. The molecule has 2 aliphatic rings. The molecule has 228 valence electrons. The molecule has 12 nitrogen and oxygen atoms in total. The van der Waals surface area contributed by atoms with E-state index in [0.29, 0.717) is 30.9 Å². The Kier molecular flexibility index (Phi) is 8.20. The van der Waals surface area contributed by atoms with E-state index in [1.165, 1.54) is 28.6 Å². The lowest BCUT2D eigenvalue weighted by atomic mass is 9.96.